The summed E-state index contributed by atoms with van der Waals surface area (Å²) in [5, 5.41) is 0. The molecule has 0 aromatic rings. The lowest BCUT2D eigenvalue weighted by atomic mass is 10.7. The van der Waals surface area contributed by atoms with Crippen molar-refractivity contribution in [2.75, 3.05) is 13.7 Å². The summed E-state index contributed by atoms with van der Waals surface area (Å²) in [6, 6.07) is 0. The minimum absolute atomic E-state index is 0.767. The lowest BCUT2D eigenvalue weighted by Crippen LogP contribution is -1.78. The van der Waals surface area contributed by atoms with E-state index >= 15 is 0 Å². The maximum absolute atomic E-state index is 4.72. The van der Waals surface area contributed by atoms with Crippen LogP contribution in [-0.2, 0) is 4.74 Å². The smallest absolute Gasteiger partial charge is 0.0639 e. The quantitative estimate of drug-likeness (QED) is 0.428. The Morgan fingerprint density at radius 2 is 2.50 bits per heavy atom. The van der Waals surface area contributed by atoms with E-state index in [0.29, 0.717) is 0 Å². The van der Waals surface area contributed by atoms with Gasteiger partial charge in [0.25, 0.3) is 0 Å². The Morgan fingerprint density at radius 3 is 2.67 bits per heavy atom. The van der Waals surface area contributed by atoms with Crippen LogP contribution in [0.4, 0.5) is 0 Å². The summed E-state index contributed by atoms with van der Waals surface area (Å²) in [5.41, 5.74) is 2.10. The van der Waals surface area contributed by atoms with E-state index in [1.165, 1.54) is 0 Å². The van der Waals surface area contributed by atoms with Crippen LogP contribution in [0.25, 0.3) is 0 Å². The van der Waals surface area contributed by atoms with Crippen LogP contribution in [-0.4, -0.2) is 24.0 Å². The highest BCUT2D eigenvalue weighted by atomic mass is 28.1. The van der Waals surface area contributed by atoms with Crippen molar-refractivity contribution in [2.24, 2.45) is 0 Å². The molecule has 36 valence electrons. The molecule has 0 heterocycles. The summed E-state index contributed by atoms with van der Waals surface area (Å²) in [6.45, 7) is 0.767. The van der Waals surface area contributed by atoms with E-state index in [-0.39, 0.29) is 0 Å². The molecule has 0 aliphatic rings. The van der Waals surface area contributed by atoms with Gasteiger partial charge in [0.2, 0.25) is 0 Å². The zero-order valence-electron chi connectivity index (χ0n) is 4.27. The maximum atomic E-state index is 4.72. The Bertz CT molecular complexity index is 42.8. The zero-order valence-corrected chi connectivity index (χ0v) is 6.27. The van der Waals surface area contributed by atoms with E-state index < -0.39 is 0 Å². The van der Waals surface area contributed by atoms with Gasteiger partial charge in [0.15, 0.2) is 0 Å². The van der Waals surface area contributed by atoms with Crippen LogP contribution >= 0.6 is 0 Å². The Balaban J connectivity index is 2.66. The molecule has 0 aliphatic carbocycles. The molecular weight excluding hydrogens is 92.1 g/mol. The van der Waals surface area contributed by atoms with E-state index in [4.69, 9.17) is 4.74 Å². The van der Waals surface area contributed by atoms with Crippen LogP contribution in [0.3, 0.4) is 0 Å². The average Bonchev–Trinajstić information content (AvgIpc) is 1.61. The van der Waals surface area contributed by atoms with Gasteiger partial charge in [-0.25, -0.2) is 0 Å². The third-order valence-corrected chi connectivity index (χ3v) is 0.970. The first kappa shape index (κ1) is 5.92. The summed E-state index contributed by atoms with van der Waals surface area (Å²) in [7, 11) is 2.84. The fraction of sp³-hybridized carbons (Fsp3) is 0.500. The minimum atomic E-state index is 0.767. The van der Waals surface area contributed by atoms with Crippen LogP contribution in [0.5, 0.6) is 0 Å². The molecule has 0 spiro atoms. The molecule has 0 rings (SSSR count). The third-order valence-electron chi connectivity index (χ3n) is 0.499. The van der Waals surface area contributed by atoms with E-state index in [2.05, 4.69) is 5.70 Å². The fourth-order valence-corrected chi connectivity index (χ4v) is 0.385. The van der Waals surface area contributed by atoms with E-state index in [0.717, 1.165) is 16.8 Å². The number of hydrogen-bond acceptors (Lipinski definition) is 1. The lowest BCUT2D eigenvalue weighted by molar-refractivity contribution is 0.234. The van der Waals surface area contributed by atoms with Crippen LogP contribution in [0, 0.1) is 0 Å². The lowest BCUT2D eigenvalue weighted by Gasteiger charge is -1.81. The molecule has 0 aromatic carbocycles. The largest absolute Gasteiger partial charge is 0.381 e. The molecular formula is C4H10OSi. The topological polar surface area (TPSA) is 9.23 Å². The van der Waals surface area contributed by atoms with Gasteiger partial charge in [-0.15, -0.1) is 5.70 Å². The van der Waals surface area contributed by atoms with Gasteiger partial charge in [-0.2, -0.15) is 0 Å². The van der Waals surface area contributed by atoms with Crippen LogP contribution in [0.2, 0.25) is 0 Å². The number of hydrogen-bond donors (Lipinski definition) is 0. The molecule has 1 nitrogen and oxygen atoms in total. The van der Waals surface area contributed by atoms with Gasteiger partial charge in [0, 0.05) is 17.4 Å². The van der Waals surface area contributed by atoms with Crippen molar-refractivity contribution in [1.29, 1.82) is 0 Å². The van der Waals surface area contributed by atoms with Crippen molar-refractivity contribution in [3.8, 4) is 0 Å². The molecule has 0 saturated carbocycles. The number of methoxy groups -OCH3 is 1. The SMILES string of the molecule is COCC=C[SiH3]. The fourth-order valence-electron chi connectivity index (χ4n) is 0.192. The standard InChI is InChI=1S/C4H10OSi/c1-5-3-2-4-6/h2,4H,3H2,1,6H3. The molecule has 2 heteroatoms. The van der Waals surface area contributed by atoms with Gasteiger partial charge in [0.05, 0.1) is 6.61 Å². The molecule has 0 amide bonds. The second-order valence-corrected chi connectivity index (χ2v) is 1.69. The molecule has 0 aromatic heterocycles. The summed E-state index contributed by atoms with van der Waals surface area (Å²) in [5.74, 6) is 0. The normalized spacial score (nSPS) is 10.8. The molecule has 0 aliphatic heterocycles. The average molecular weight is 102 g/mol. The number of ether oxygens (including phenoxy) is 1. The first-order valence-electron chi connectivity index (χ1n) is 2.02. The molecule has 6 heavy (non-hydrogen) atoms. The van der Waals surface area contributed by atoms with Gasteiger partial charge >= 0.3 is 0 Å². The van der Waals surface area contributed by atoms with Crippen LogP contribution in [0.15, 0.2) is 11.8 Å². The second-order valence-electron chi connectivity index (χ2n) is 1.02. The minimum Gasteiger partial charge on any atom is -0.381 e. The summed E-state index contributed by atoms with van der Waals surface area (Å²) < 4.78 is 4.72. The van der Waals surface area contributed by atoms with E-state index in [1.54, 1.807) is 7.11 Å². The highest BCUT2D eigenvalue weighted by Crippen LogP contribution is 1.65. The van der Waals surface area contributed by atoms with Crippen molar-refractivity contribution < 1.29 is 4.74 Å². The molecule has 0 radical (unpaired) electrons. The Kier molecular flexibility index (Phi) is 4.85. The van der Waals surface area contributed by atoms with Crippen molar-refractivity contribution in [2.45, 2.75) is 0 Å². The first-order valence-corrected chi connectivity index (χ1v) is 3.17. The monoisotopic (exact) mass is 102 g/mol. The van der Waals surface area contributed by atoms with Crippen molar-refractivity contribution in [3.63, 3.8) is 0 Å². The van der Waals surface area contributed by atoms with Gasteiger partial charge in [0.1, 0.15) is 0 Å². The zero-order chi connectivity index (χ0) is 4.83. The summed E-state index contributed by atoms with van der Waals surface area (Å²) >= 11 is 0. The molecule has 0 fully saturated rings. The second kappa shape index (κ2) is 4.92. The molecule has 0 unspecified atom stereocenters. The van der Waals surface area contributed by atoms with Crippen LogP contribution in [0.1, 0.15) is 0 Å². The number of rotatable bonds is 2. The first-order chi connectivity index (χ1) is 2.91. The highest BCUT2D eigenvalue weighted by molar-refractivity contribution is 6.16. The Labute approximate surface area is 41.4 Å². The highest BCUT2D eigenvalue weighted by Gasteiger charge is 1.62. The van der Waals surface area contributed by atoms with E-state index in [1.807, 2.05) is 6.08 Å². The molecule has 0 atom stereocenters. The maximum Gasteiger partial charge on any atom is 0.0639 e. The predicted molar refractivity (Wildman–Crippen MR) is 31.0 cm³/mol. The Hall–Kier alpha value is -0.0831. The summed E-state index contributed by atoms with van der Waals surface area (Å²) in [4.78, 5) is 0. The van der Waals surface area contributed by atoms with E-state index in [9.17, 15) is 0 Å². The van der Waals surface area contributed by atoms with Gasteiger partial charge in [-0.3, -0.25) is 0 Å². The molecule has 0 bridgehead atoms. The predicted octanol–water partition coefficient (Wildman–Crippen LogP) is -0.488. The van der Waals surface area contributed by atoms with Crippen molar-refractivity contribution in [3.05, 3.63) is 11.8 Å². The van der Waals surface area contributed by atoms with Gasteiger partial charge < -0.3 is 4.74 Å². The van der Waals surface area contributed by atoms with Gasteiger partial charge in [-0.1, -0.05) is 6.08 Å². The third kappa shape index (κ3) is 3.92. The Morgan fingerprint density at radius 1 is 1.83 bits per heavy atom. The van der Waals surface area contributed by atoms with Crippen LogP contribution < -0.4 is 0 Å². The van der Waals surface area contributed by atoms with Gasteiger partial charge in [-0.05, 0) is 0 Å². The summed E-state index contributed by atoms with van der Waals surface area (Å²) in [6.07, 6.45) is 2.02. The van der Waals surface area contributed by atoms with Crippen molar-refractivity contribution in [1.82, 2.24) is 0 Å². The molecule has 0 saturated heterocycles. The van der Waals surface area contributed by atoms with Crippen molar-refractivity contribution >= 4 is 10.2 Å². The molecule has 0 N–H and O–H groups in total.